The van der Waals surface area contributed by atoms with Crippen LogP contribution in [-0.4, -0.2) is 40.2 Å². The molecule has 0 bridgehead atoms. The fourth-order valence-corrected chi connectivity index (χ4v) is 3.64. The lowest BCUT2D eigenvalue weighted by atomic mass is 9.94. The summed E-state index contributed by atoms with van der Waals surface area (Å²) in [5.41, 5.74) is 6.85. The Hall–Kier alpha value is -2.96. The molecule has 0 spiro atoms. The average Bonchev–Trinajstić information content (AvgIpc) is 3.18. The highest BCUT2D eigenvalue weighted by molar-refractivity contribution is 5.82. The van der Waals surface area contributed by atoms with E-state index in [1.165, 1.54) is 6.20 Å². The van der Waals surface area contributed by atoms with Crippen molar-refractivity contribution in [2.45, 2.75) is 25.3 Å². The third-order valence-corrected chi connectivity index (χ3v) is 5.05. The quantitative estimate of drug-likeness (QED) is 0.917. The smallest absolute Gasteiger partial charge is 0.246 e. The Labute approximate surface area is 152 Å². The highest BCUT2D eigenvalue weighted by atomic mass is 16.2. The molecule has 0 aliphatic carbocycles. The van der Waals surface area contributed by atoms with E-state index in [-0.39, 0.29) is 17.9 Å². The van der Waals surface area contributed by atoms with Crippen LogP contribution in [0.1, 0.15) is 30.9 Å². The minimum atomic E-state index is -0.0123. The molecule has 0 unspecified atom stereocenters. The number of hydrogen-bond donors (Lipinski definition) is 1. The van der Waals surface area contributed by atoms with Crippen LogP contribution in [0.2, 0.25) is 0 Å². The van der Waals surface area contributed by atoms with Gasteiger partial charge in [-0.2, -0.15) is 5.10 Å². The number of carbonyl (C=O) groups is 1. The Balaban J connectivity index is 1.41. The van der Waals surface area contributed by atoms with Gasteiger partial charge < -0.3 is 10.6 Å². The first-order chi connectivity index (χ1) is 12.7. The SMILES string of the molecule is Nc1cncc(N2CCC(C(=O)N3N=CC[C@H]3c3ccccc3)CC2)n1. The molecule has 1 aromatic heterocycles. The molecular formula is C19H22N6O. The predicted octanol–water partition coefficient (Wildman–Crippen LogP) is 2.23. The molecule has 2 aromatic rings. The molecule has 4 rings (SSSR count). The van der Waals surface area contributed by atoms with E-state index in [0.29, 0.717) is 5.82 Å². The van der Waals surface area contributed by atoms with Crippen molar-refractivity contribution in [3.05, 3.63) is 48.3 Å². The molecule has 26 heavy (non-hydrogen) atoms. The number of nitrogen functional groups attached to an aromatic ring is 1. The zero-order valence-electron chi connectivity index (χ0n) is 14.5. The number of amides is 1. The molecule has 2 aliphatic rings. The van der Waals surface area contributed by atoms with Crippen molar-refractivity contribution in [1.29, 1.82) is 0 Å². The van der Waals surface area contributed by atoms with Crippen molar-refractivity contribution in [2.24, 2.45) is 11.0 Å². The fraction of sp³-hybridized carbons (Fsp3) is 0.368. The van der Waals surface area contributed by atoms with Crippen LogP contribution in [0, 0.1) is 5.92 Å². The van der Waals surface area contributed by atoms with E-state index in [9.17, 15) is 4.79 Å². The molecular weight excluding hydrogens is 328 g/mol. The molecule has 1 saturated heterocycles. The molecule has 0 radical (unpaired) electrons. The van der Waals surface area contributed by atoms with Gasteiger partial charge in [-0.3, -0.25) is 9.78 Å². The number of nitrogens with two attached hydrogens (primary N) is 1. The van der Waals surface area contributed by atoms with Gasteiger partial charge in [-0.25, -0.2) is 9.99 Å². The Morgan fingerprint density at radius 1 is 1.12 bits per heavy atom. The van der Waals surface area contributed by atoms with Gasteiger partial charge in [0.15, 0.2) is 0 Å². The monoisotopic (exact) mass is 350 g/mol. The van der Waals surface area contributed by atoms with Gasteiger partial charge in [0.2, 0.25) is 5.91 Å². The van der Waals surface area contributed by atoms with Crippen molar-refractivity contribution < 1.29 is 4.79 Å². The van der Waals surface area contributed by atoms with E-state index < -0.39 is 0 Å². The molecule has 3 heterocycles. The minimum absolute atomic E-state index is 0.0123. The topological polar surface area (TPSA) is 87.7 Å². The summed E-state index contributed by atoms with van der Waals surface area (Å²) in [6.07, 6.45) is 7.43. The van der Waals surface area contributed by atoms with Crippen molar-refractivity contribution >= 4 is 23.8 Å². The highest BCUT2D eigenvalue weighted by Gasteiger charge is 2.34. The van der Waals surface area contributed by atoms with Crippen LogP contribution in [0.15, 0.2) is 47.8 Å². The number of hydrazone groups is 1. The molecule has 1 atom stereocenters. The number of hydrogen-bond acceptors (Lipinski definition) is 6. The second-order valence-electron chi connectivity index (χ2n) is 6.71. The van der Waals surface area contributed by atoms with E-state index >= 15 is 0 Å². The maximum Gasteiger partial charge on any atom is 0.246 e. The second-order valence-corrected chi connectivity index (χ2v) is 6.71. The lowest BCUT2D eigenvalue weighted by Gasteiger charge is -2.34. The zero-order chi connectivity index (χ0) is 17.9. The van der Waals surface area contributed by atoms with Gasteiger partial charge in [-0.05, 0) is 18.4 Å². The van der Waals surface area contributed by atoms with Crippen LogP contribution < -0.4 is 10.6 Å². The molecule has 1 aromatic carbocycles. The van der Waals surface area contributed by atoms with Gasteiger partial charge in [-0.15, -0.1) is 0 Å². The number of aromatic nitrogens is 2. The zero-order valence-corrected chi connectivity index (χ0v) is 14.5. The summed E-state index contributed by atoms with van der Waals surface area (Å²) >= 11 is 0. The fourth-order valence-electron chi connectivity index (χ4n) is 3.64. The Morgan fingerprint density at radius 2 is 1.88 bits per heavy atom. The third kappa shape index (κ3) is 3.24. The van der Waals surface area contributed by atoms with Gasteiger partial charge in [0, 0.05) is 31.6 Å². The molecule has 0 saturated carbocycles. The lowest BCUT2D eigenvalue weighted by Crippen LogP contribution is -2.41. The predicted molar refractivity (Wildman–Crippen MR) is 101 cm³/mol. The number of piperidine rings is 1. The van der Waals surface area contributed by atoms with Gasteiger partial charge in [-0.1, -0.05) is 30.3 Å². The van der Waals surface area contributed by atoms with E-state index in [1.807, 2.05) is 24.4 Å². The first-order valence-electron chi connectivity index (χ1n) is 8.95. The first-order valence-corrected chi connectivity index (χ1v) is 8.95. The van der Waals surface area contributed by atoms with Crippen LogP contribution in [0.25, 0.3) is 0 Å². The molecule has 1 fully saturated rings. The van der Waals surface area contributed by atoms with Crippen molar-refractivity contribution in [3.63, 3.8) is 0 Å². The van der Waals surface area contributed by atoms with Crippen molar-refractivity contribution in [2.75, 3.05) is 23.7 Å². The van der Waals surface area contributed by atoms with Crippen molar-refractivity contribution in [3.8, 4) is 0 Å². The second kappa shape index (κ2) is 7.11. The van der Waals surface area contributed by atoms with Crippen LogP contribution in [0.3, 0.4) is 0 Å². The largest absolute Gasteiger partial charge is 0.382 e. The average molecular weight is 350 g/mol. The molecule has 2 aliphatic heterocycles. The Morgan fingerprint density at radius 3 is 2.62 bits per heavy atom. The van der Waals surface area contributed by atoms with E-state index in [1.54, 1.807) is 11.2 Å². The molecule has 2 N–H and O–H groups in total. The number of benzene rings is 1. The normalized spacial score (nSPS) is 20.5. The third-order valence-electron chi connectivity index (χ3n) is 5.05. The van der Waals surface area contributed by atoms with Gasteiger partial charge in [0.05, 0.1) is 18.4 Å². The maximum atomic E-state index is 13.0. The highest BCUT2D eigenvalue weighted by Crippen LogP contribution is 2.32. The van der Waals surface area contributed by atoms with E-state index in [0.717, 1.165) is 43.7 Å². The number of nitrogens with zero attached hydrogens (tertiary/aromatic N) is 5. The van der Waals surface area contributed by atoms with Crippen LogP contribution in [0.4, 0.5) is 11.6 Å². The summed E-state index contributed by atoms with van der Waals surface area (Å²) in [6.45, 7) is 1.53. The molecule has 7 nitrogen and oxygen atoms in total. The van der Waals surface area contributed by atoms with Gasteiger partial charge in [0.25, 0.3) is 0 Å². The standard InChI is InChI=1S/C19H22N6O/c20-17-12-21-13-18(23-17)24-10-7-15(8-11-24)19(26)25-16(6-9-22-25)14-4-2-1-3-5-14/h1-5,9,12-13,15-16H,6-8,10-11H2,(H2,20,23)/t16-/m0/s1. The molecule has 134 valence electrons. The Kier molecular flexibility index (Phi) is 4.51. The number of carbonyl (C=O) groups excluding carboxylic acids is 1. The summed E-state index contributed by atoms with van der Waals surface area (Å²) in [4.78, 5) is 23.6. The molecule has 7 heteroatoms. The van der Waals surface area contributed by atoms with E-state index in [2.05, 4.69) is 32.1 Å². The maximum absolute atomic E-state index is 13.0. The number of rotatable bonds is 3. The van der Waals surface area contributed by atoms with Crippen LogP contribution in [-0.2, 0) is 4.79 Å². The first kappa shape index (κ1) is 16.5. The van der Waals surface area contributed by atoms with Crippen molar-refractivity contribution in [1.82, 2.24) is 15.0 Å². The summed E-state index contributed by atoms with van der Waals surface area (Å²) in [6, 6.07) is 10.1. The summed E-state index contributed by atoms with van der Waals surface area (Å²) in [5, 5.41) is 6.04. The van der Waals surface area contributed by atoms with Crippen LogP contribution >= 0.6 is 0 Å². The summed E-state index contributed by atoms with van der Waals surface area (Å²) in [5.74, 6) is 1.29. The minimum Gasteiger partial charge on any atom is -0.382 e. The lowest BCUT2D eigenvalue weighted by molar-refractivity contribution is -0.138. The Bertz CT molecular complexity index is 801. The summed E-state index contributed by atoms with van der Waals surface area (Å²) < 4.78 is 0. The van der Waals surface area contributed by atoms with Gasteiger partial charge in [0.1, 0.15) is 11.6 Å². The van der Waals surface area contributed by atoms with E-state index in [4.69, 9.17) is 5.73 Å². The van der Waals surface area contributed by atoms with Crippen LogP contribution in [0.5, 0.6) is 0 Å². The molecule has 1 amide bonds. The summed E-state index contributed by atoms with van der Waals surface area (Å²) in [7, 11) is 0. The number of anilines is 2. The van der Waals surface area contributed by atoms with Gasteiger partial charge >= 0.3 is 0 Å².